The SMILES string of the molecule is CCCCCCCCC(CCCCCC)CSc1ccc(-c2c3c[c]([Sn]([CH3])([CH3])[CH3])sc3c(-c3ccc(SCC(CCCCCC)CCCCCCCC)s3)c3c[c]([Sn]([CH3])([CH3])[CH3])sc23)s1. The first-order chi connectivity index (χ1) is 30.9. The Bertz CT molecular complexity index is 1850. The molecule has 0 aliphatic carbocycles. The fourth-order valence-corrected chi connectivity index (χ4v) is 27.1. The third-order valence-corrected chi connectivity index (χ3v) is 39.7. The van der Waals surface area contributed by atoms with E-state index in [0.717, 1.165) is 11.8 Å². The van der Waals surface area contributed by atoms with Crippen LogP contribution in [0, 0.1) is 11.8 Å². The van der Waals surface area contributed by atoms with Gasteiger partial charge in [0.15, 0.2) is 0 Å². The quantitative estimate of drug-likeness (QED) is 0.0229. The predicted octanol–water partition coefficient (Wildman–Crippen LogP) is 21.5. The van der Waals surface area contributed by atoms with Crippen LogP contribution in [-0.4, -0.2) is 48.3 Å². The van der Waals surface area contributed by atoms with E-state index in [2.05, 4.69) is 163 Å². The van der Waals surface area contributed by atoms with Crippen molar-refractivity contribution in [1.29, 1.82) is 0 Å². The van der Waals surface area contributed by atoms with E-state index in [4.69, 9.17) is 0 Å². The van der Waals surface area contributed by atoms with E-state index in [1.807, 2.05) is 0 Å². The summed E-state index contributed by atoms with van der Waals surface area (Å²) in [4.78, 5) is 18.8. The fourth-order valence-electron chi connectivity index (χ4n) is 9.23. The van der Waals surface area contributed by atoms with Crippen LogP contribution >= 0.6 is 68.9 Å². The van der Waals surface area contributed by atoms with Crippen LogP contribution < -0.4 is 5.79 Å². The summed E-state index contributed by atoms with van der Waals surface area (Å²) >= 11 is 8.14. The molecule has 5 aromatic rings. The van der Waals surface area contributed by atoms with Gasteiger partial charge >= 0.3 is 302 Å². The molecule has 0 radical (unpaired) electrons. The summed E-state index contributed by atoms with van der Waals surface area (Å²) < 4.78 is 9.64. The van der Waals surface area contributed by atoms with Gasteiger partial charge in [-0.1, -0.05) is 130 Å². The zero-order valence-corrected chi connectivity index (χ0v) is 53.1. The van der Waals surface area contributed by atoms with E-state index in [1.54, 1.807) is 37.1 Å². The average Bonchev–Trinajstić information content (AvgIpc) is 4.10. The molecule has 0 aliphatic rings. The van der Waals surface area contributed by atoms with Gasteiger partial charge in [0.2, 0.25) is 0 Å². The Morgan fingerprint density at radius 1 is 0.406 bits per heavy atom. The maximum absolute atomic E-state index is 2.71. The molecule has 358 valence electrons. The zero-order valence-electron chi connectivity index (χ0n) is 42.5. The van der Waals surface area contributed by atoms with Crippen LogP contribution in [0.1, 0.15) is 182 Å². The van der Waals surface area contributed by atoms with Crippen molar-refractivity contribution >= 4 is 132 Å². The molecule has 2 unspecified atom stereocenters. The van der Waals surface area contributed by atoms with Crippen LogP contribution in [0.15, 0.2) is 44.8 Å². The van der Waals surface area contributed by atoms with Gasteiger partial charge in [-0.15, -0.1) is 0 Å². The van der Waals surface area contributed by atoms with Crippen LogP contribution in [0.4, 0.5) is 0 Å². The van der Waals surface area contributed by atoms with Crippen molar-refractivity contribution in [2.24, 2.45) is 11.8 Å². The minimum atomic E-state index is -2.39. The van der Waals surface area contributed by atoms with Crippen molar-refractivity contribution < 1.29 is 0 Å². The third-order valence-electron chi connectivity index (χ3n) is 13.4. The van der Waals surface area contributed by atoms with Crippen molar-refractivity contribution in [2.45, 2.75) is 220 Å². The first kappa shape index (κ1) is 55.8. The molecule has 0 saturated heterocycles. The van der Waals surface area contributed by atoms with Crippen molar-refractivity contribution in [3.63, 3.8) is 0 Å². The number of hydrogen-bond acceptors (Lipinski definition) is 6. The molecule has 0 fully saturated rings. The Kier molecular flexibility index (Phi) is 25.5. The number of unbranched alkanes of at least 4 members (excludes halogenated alkanes) is 16. The molecule has 4 heterocycles. The summed E-state index contributed by atoms with van der Waals surface area (Å²) in [6, 6.07) is 15.5. The topological polar surface area (TPSA) is 0 Å². The number of rotatable bonds is 34. The van der Waals surface area contributed by atoms with Gasteiger partial charge in [-0.3, -0.25) is 0 Å². The van der Waals surface area contributed by atoms with Crippen molar-refractivity contribution in [1.82, 2.24) is 0 Å². The van der Waals surface area contributed by atoms with E-state index in [9.17, 15) is 0 Å². The van der Waals surface area contributed by atoms with Gasteiger partial charge < -0.3 is 0 Å². The maximum atomic E-state index is 2.71. The van der Waals surface area contributed by atoms with Crippen LogP contribution in [0.5, 0.6) is 0 Å². The summed E-state index contributed by atoms with van der Waals surface area (Å²) in [6.45, 7) is 9.36. The Labute approximate surface area is 427 Å². The van der Waals surface area contributed by atoms with Gasteiger partial charge in [-0.25, -0.2) is 0 Å². The molecule has 4 aromatic heterocycles. The van der Waals surface area contributed by atoms with Crippen molar-refractivity contribution in [3.05, 3.63) is 36.4 Å². The van der Waals surface area contributed by atoms with E-state index >= 15 is 0 Å². The monoisotopic (exact) mass is 1190 g/mol. The summed E-state index contributed by atoms with van der Waals surface area (Å²) in [6.07, 6.45) is 33.6. The molecule has 0 spiro atoms. The molecule has 8 heteroatoms. The second-order valence-corrected chi connectivity index (χ2v) is 59.1. The average molecular weight is 1190 g/mol. The van der Waals surface area contributed by atoms with Crippen LogP contribution in [0.25, 0.3) is 41.1 Å². The molecule has 0 amide bonds. The number of hydrogen-bond donors (Lipinski definition) is 0. The van der Waals surface area contributed by atoms with Crippen molar-refractivity contribution in [3.8, 4) is 20.9 Å². The third kappa shape index (κ3) is 17.6. The van der Waals surface area contributed by atoms with Crippen molar-refractivity contribution in [2.75, 3.05) is 11.5 Å². The summed E-state index contributed by atoms with van der Waals surface area (Å²) in [5.41, 5.74) is 3.12. The number of thioether (sulfide) groups is 2. The second-order valence-electron chi connectivity index (χ2n) is 21.4. The Balaban J connectivity index is 1.45. The van der Waals surface area contributed by atoms with Gasteiger partial charge in [0.1, 0.15) is 0 Å². The Hall–Kier alpha value is 0.837. The van der Waals surface area contributed by atoms with Gasteiger partial charge in [0.25, 0.3) is 0 Å². The molecule has 0 aliphatic heterocycles. The summed E-state index contributed by atoms with van der Waals surface area (Å²) in [5, 5.41) is 3.10. The van der Waals surface area contributed by atoms with Crippen LogP contribution in [-0.2, 0) is 0 Å². The Morgan fingerprint density at radius 3 is 1.05 bits per heavy atom. The van der Waals surface area contributed by atoms with E-state index < -0.39 is 36.8 Å². The van der Waals surface area contributed by atoms with Gasteiger partial charge in [0.05, 0.1) is 0 Å². The molecule has 2 atom stereocenters. The number of thiophene rings is 4. The number of benzene rings is 1. The summed E-state index contributed by atoms with van der Waals surface area (Å²) in [7, 11) is 0. The molecule has 0 nitrogen and oxygen atoms in total. The first-order valence-corrected chi connectivity index (χ1v) is 51.6. The van der Waals surface area contributed by atoms with Gasteiger partial charge in [0, 0.05) is 0 Å². The van der Waals surface area contributed by atoms with E-state index in [1.165, 1.54) is 184 Å². The molecule has 5 rings (SSSR count). The second kappa shape index (κ2) is 29.2. The first-order valence-electron chi connectivity index (χ1n) is 26.4. The summed E-state index contributed by atoms with van der Waals surface area (Å²) in [5.74, 6) is 4.26. The number of fused-ring (bicyclic) bond motifs is 2. The van der Waals surface area contributed by atoms with Crippen LogP contribution in [0.2, 0.25) is 29.6 Å². The molecular weight excluding hydrogens is 1100 g/mol. The molecular formula is C56H90S6Sn2. The molecule has 0 saturated carbocycles. The van der Waals surface area contributed by atoms with Crippen LogP contribution in [0.3, 0.4) is 0 Å². The molecule has 1 aromatic carbocycles. The predicted molar refractivity (Wildman–Crippen MR) is 312 cm³/mol. The van der Waals surface area contributed by atoms with E-state index in [-0.39, 0.29) is 0 Å². The molecule has 0 bridgehead atoms. The Morgan fingerprint density at radius 2 is 0.719 bits per heavy atom. The van der Waals surface area contributed by atoms with Gasteiger partial charge in [-0.2, -0.15) is 0 Å². The molecule has 64 heavy (non-hydrogen) atoms. The normalized spacial score (nSPS) is 13.5. The molecule has 0 N–H and O–H groups in total. The fraction of sp³-hybridized carbons (Fsp3) is 0.679. The zero-order chi connectivity index (χ0) is 46.0. The van der Waals surface area contributed by atoms with Gasteiger partial charge in [-0.05, 0) is 0 Å². The van der Waals surface area contributed by atoms with E-state index in [0.29, 0.717) is 0 Å². The standard InChI is InChI=1S/C50H72S6.6CH3.2Sn/c1-5-9-13-17-19-23-27-39(25-21-15-11-7-3)37-53-45-31-29-43(55-45)47-41-33-35-52-50(41)48(42-34-36-51-49(42)47)44-30-32-46(56-44)54-38-40(26-22-16-12-8-4)28-24-20-18-14-10-6-2;;;;;;;;/h29-34,39-40H,5-28,37-38H2,1-4H3;6*1H3;;. The minimum absolute atomic E-state index is 0.847.